The topological polar surface area (TPSA) is 56.1 Å². The quantitative estimate of drug-likeness (QED) is 0.686. The van der Waals surface area contributed by atoms with Gasteiger partial charge in [0.1, 0.15) is 5.82 Å². The third-order valence-electron chi connectivity index (χ3n) is 1.58. The van der Waals surface area contributed by atoms with Crippen molar-refractivity contribution in [2.75, 3.05) is 19.0 Å². The van der Waals surface area contributed by atoms with E-state index in [1.807, 2.05) is 19.3 Å². The van der Waals surface area contributed by atoms with Gasteiger partial charge in [0.15, 0.2) is 0 Å². The molecule has 0 aliphatic carbocycles. The van der Waals surface area contributed by atoms with Crippen LogP contribution in [0.5, 0.6) is 0 Å². The summed E-state index contributed by atoms with van der Waals surface area (Å²) in [5.41, 5.74) is 0. The van der Waals surface area contributed by atoms with E-state index in [4.69, 9.17) is 0 Å². The molecule has 5 heteroatoms. The Balaban J connectivity index is 2.24. The van der Waals surface area contributed by atoms with E-state index < -0.39 is 0 Å². The zero-order valence-electron chi connectivity index (χ0n) is 7.78. The van der Waals surface area contributed by atoms with Crippen molar-refractivity contribution in [3.8, 4) is 0 Å². The maximum absolute atomic E-state index is 10.7. The summed E-state index contributed by atoms with van der Waals surface area (Å²) in [6, 6.07) is 1.84. The number of anilines is 1. The van der Waals surface area contributed by atoms with E-state index in [0.717, 1.165) is 5.82 Å². The normalized spacial score (nSPS) is 9.69. The molecule has 0 aliphatic rings. The molecule has 1 rings (SSSR count). The summed E-state index contributed by atoms with van der Waals surface area (Å²) in [7, 11) is 3.22. The van der Waals surface area contributed by atoms with Gasteiger partial charge in [-0.3, -0.25) is 9.48 Å². The number of carbonyl (C=O) groups excluding carboxylic acids is 1. The first-order chi connectivity index (χ1) is 6.22. The van der Waals surface area contributed by atoms with Crippen LogP contribution < -0.4 is 5.32 Å². The molecular weight excluding hydrogens is 170 g/mol. The molecule has 0 saturated heterocycles. The molecule has 0 bridgehead atoms. The number of rotatable bonds is 4. The predicted octanol–water partition coefficient (Wildman–Crippen LogP) is 0.395. The van der Waals surface area contributed by atoms with E-state index in [1.54, 1.807) is 4.68 Å². The van der Waals surface area contributed by atoms with Crippen LogP contribution in [-0.2, 0) is 16.6 Å². The van der Waals surface area contributed by atoms with Gasteiger partial charge in [-0.05, 0) is 0 Å². The number of nitrogens with one attached hydrogen (secondary N) is 1. The number of nitrogens with zero attached hydrogens (tertiary/aromatic N) is 2. The van der Waals surface area contributed by atoms with Crippen LogP contribution in [0, 0.1) is 0 Å². The van der Waals surface area contributed by atoms with Crippen LogP contribution in [0.15, 0.2) is 12.3 Å². The minimum atomic E-state index is -0.219. The molecule has 1 aromatic heterocycles. The second kappa shape index (κ2) is 4.49. The van der Waals surface area contributed by atoms with Crippen LogP contribution in [0.4, 0.5) is 5.82 Å². The molecule has 0 fully saturated rings. The van der Waals surface area contributed by atoms with Crippen molar-refractivity contribution in [1.82, 2.24) is 9.78 Å². The highest BCUT2D eigenvalue weighted by atomic mass is 16.5. The molecule has 13 heavy (non-hydrogen) atoms. The molecule has 0 atom stereocenters. The highest BCUT2D eigenvalue weighted by Gasteiger charge is 2.00. The lowest BCUT2D eigenvalue weighted by molar-refractivity contribution is -0.140. The average Bonchev–Trinajstić information content (AvgIpc) is 2.51. The van der Waals surface area contributed by atoms with Gasteiger partial charge in [0.25, 0.3) is 0 Å². The molecular formula is C8H13N3O2. The maximum atomic E-state index is 10.7. The van der Waals surface area contributed by atoms with Crippen LogP contribution in [-0.4, -0.2) is 29.4 Å². The second-order valence-electron chi connectivity index (χ2n) is 2.63. The number of hydrogen-bond donors (Lipinski definition) is 1. The van der Waals surface area contributed by atoms with Crippen molar-refractivity contribution in [1.29, 1.82) is 0 Å². The highest BCUT2D eigenvalue weighted by Crippen LogP contribution is 2.00. The Bertz CT molecular complexity index is 283. The smallest absolute Gasteiger partial charge is 0.307 e. The molecule has 0 unspecified atom stereocenters. The van der Waals surface area contributed by atoms with Gasteiger partial charge in [0.2, 0.25) is 0 Å². The summed E-state index contributed by atoms with van der Waals surface area (Å²) in [5.74, 6) is 0.551. The summed E-state index contributed by atoms with van der Waals surface area (Å²) in [5, 5.41) is 7.08. The maximum Gasteiger partial charge on any atom is 0.307 e. The molecule has 72 valence electrons. The molecule has 0 aromatic carbocycles. The molecule has 0 spiro atoms. The Hall–Kier alpha value is -1.52. The fourth-order valence-electron chi connectivity index (χ4n) is 0.904. The minimum absolute atomic E-state index is 0.219. The Labute approximate surface area is 76.7 Å². The van der Waals surface area contributed by atoms with Crippen molar-refractivity contribution >= 4 is 11.8 Å². The van der Waals surface area contributed by atoms with Gasteiger partial charge in [-0.15, -0.1) is 0 Å². The first-order valence-electron chi connectivity index (χ1n) is 4.02. The van der Waals surface area contributed by atoms with Crippen LogP contribution >= 0.6 is 0 Å². The molecule has 1 heterocycles. The predicted molar refractivity (Wildman–Crippen MR) is 48.3 cm³/mol. The average molecular weight is 183 g/mol. The molecule has 0 amide bonds. The number of methoxy groups -OCH3 is 1. The zero-order chi connectivity index (χ0) is 9.68. The minimum Gasteiger partial charge on any atom is -0.469 e. The number of ether oxygens (including phenoxy) is 1. The largest absolute Gasteiger partial charge is 0.469 e. The van der Waals surface area contributed by atoms with Crippen molar-refractivity contribution in [2.45, 2.75) is 6.42 Å². The van der Waals surface area contributed by atoms with Crippen LogP contribution in [0.3, 0.4) is 0 Å². The Morgan fingerprint density at radius 3 is 3.08 bits per heavy atom. The Kier molecular flexibility index (Phi) is 3.31. The molecule has 0 radical (unpaired) electrons. The fraction of sp³-hybridized carbons (Fsp3) is 0.500. The number of hydrogen-bond acceptors (Lipinski definition) is 4. The first kappa shape index (κ1) is 9.57. The molecule has 5 nitrogen and oxygen atoms in total. The van der Waals surface area contributed by atoms with Gasteiger partial charge < -0.3 is 10.1 Å². The molecule has 0 saturated carbocycles. The molecule has 0 aliphatic heterocycles. The third kappa shape index (κ3) is 3.14. The van der Waals surface area contributed by atoms with Crippen LogP contribution in [0.2, 0.25) is 0 Å². The first-order valence-corrected chi connectivity index (χ1v) is 4.02. The third-order valence-corrected chi connectivity index (χ3v) is 1.58. The van der Waals surface area contributed by atoms with E-state index in [-0.39, 0.29) is 5.97 Å². The SMILES string of the molecule is COC(=O)CCNc1ccn(C)n1. The highest BCUT2D eigenvalue weighted by molar-refractivity contribution is 5.69. The summed E-state index contributed by atoms with van der Waals surface area (Å²) < 4.78 is 6.18. The molecule has 1 N–H and O–H groups in total. The van der Waals surface area contributed by atoms with Crippen LogP contribution in [0.1, 0.15) is 6.42 Å². The number of aryl methyl sites for hydroxylation is 1. The van der Waals surface area contributed by atoms with Crippen molar-refractivity contribution in [2.24, 2.45) is 7.05 Å². The van der Waals surface area contributed by atoms with Gasteiger partial charge in [0, 0.05) is 25.9 Å². The number of carbonyl (C=O) groups is 1. The Morgan fingerprint density at radius 2 is 2.54 bits per heavy atom. The van der Waals surface area contributed by atoms with Crippen LogP contribution in [0.25, 0.3) is 0 Å². The zero-order valence-corrected chi connectivity index (χ0v) is 7.78. The van der Waals surface area contributed by atoms with Crippen molar-refractivity contribution in [3.05, 3.63) is 12.3 Å². The standard InChI is InChI=1S/C8H13N3O2/c1-11-6-4-7(10-11)9-5-3-8(12)13-2/h4,6H,3,5H2,1-2H3,(H,9,10). The second-order valence-corrected chi connectivity index (χ2v) is 2.63. The van der Waals surface area contributed by atoms with Gasteiger partial charge in [-0.2, -0.15) is 5.10 Å². The summed E-state index contributed by atoms with van der Waals surface area (Å²) in [6.45, 7) is 0.545. The summed E-state index contributed by atoms with van der Waals surface area (Å²) >= 11 is 0. The monoisotopic (exact) mass is 183 g/mol. The van der Waals surface area contributed by atoms with E-state index in [2.05, 4.69) is 15.2 Å². The number of esters is 1. The Morgan fingerprint density at radius 1 is 1.77 bits per heavy atom. The van der Waals surface area contributed by atoms with E-state index in [0.29, 0.717) is 13.0 Å². The van der Waals surface area contributed by atoms with Gasteiger partial charge in [-0.25, -0.2) is 0 Å². The lowest BCUT2D eigenvalue weighted by atomic mass is 10.4. The summed E-state index contributed by atoms with van der Waals surface area (Å²) in [4.78, 5) is 10.7. The summed E-state index contributed by atoms with van der Waals surface area (Å²) in [6.07, 6.45) is 2.19. The van der Waals surface area contributed by atoms with E-state index >= 15 is 0 Å². The lowest BCUT2D eigenvalue weighted by Crippen LogP contribution is -2.10. The van der Waals surface area contributed by atoms with Gasteiger partial charge >= 0.3 is 5.97 Å². The van der Waals surface area contributed by atoms with Gasteiger partial charge in [-0.1, -0.05) is 0 Å². The van der Waals surface area contributed by atoms with Crippen molar-refractivity contribution < 1.29 is 9.53 Å². The molecule has 1 aromatic rings. The fourth-order valence-corrected chi connectivity index (χ4v) is 0.904. The van der Waals surface area contributed by atoms with E-state index in [1.165, 1.54) is 7.11 Å². The lowest BCUT2D eigenvalue weighted by Gasteiger charge is -2.00. The van der Waals surface area contributed by atoms with E-state index in [9.17, 15) is 4.79 Å². The number of aromatic nitrogens is 2. The van der Waals surface area contributed by atoms with Crippen molar-refractivity contribution in [3.63, 3.8) is 0 Å². The van der Waals surface area contributed by atoms with Gasteiger partial charge in [0.05, 0.1) is 13.5 Å².